The van der Waals surface area contributed by atoms with Gasteiger partial charge in [-0.1, -0.05) is 13.0 Å². The monoisotopic (exact) mass is 330 g/mol. The number of halogens is 1. The number of carbonyl (C=O) groups is 1. The van der Waals surface area contributed by atoms with Crippen LogP contribution >= 0.6 is 23.7 Å². The summed E-state index contributed by atoms with van der Waals surface area (Å²) in [5, 5.41) is 5.52. The Morgan fingerprint density at radius 3 is 2.95 bits per heavy atom. The lowest BCUT2D eigenvalue weighted by molar-refractivity contribution is -0.132. The first-order valence-electron chi connectivity index (χ1n) is 7.71. The fraction of sp³-hybridized carbons (Fsp3) is 0.688. The van der Waals surface area contributed by atoms with E-state index in [4.69, 9.17) is 0 Å². The molecule has 21 heavy (non-hydrogen) atoms. The van der Waals surface area contributed by atoms with Crippen LogP contribution in [0.15, 0.2) is 17.5 Å². The summed E-state index contributed by atoms with van der Waals surface area (Å²) in [6.07, 6.45) is 3.19. The highest BCUT2D eigenvalue weighted by molar-refractivity contribution is 7.09. The largest absolute Gasteiger partial charge is 0.338 e. The number of nitrogens with one attached hydrogen (secondary N) is 1. The van der Waals surface area contributed by atoms with Gasteiger partial charge in [0, 0.05) is 17.8 Å². The van der Waals surface area contributed by atoms with Crippen molar-refractivity contribution in [3.63, 3.8) is 0 Å². The topological polar surface area (TPSA) is 32.3 Å². The molecule has 120 valence electrons. The zero-order chi connectivity index (χ0) is 14.4. The highest BCUT2D eigenvalue weighted by atomic mass is 35.5. The molecule has 0 radical (unpaired) electrons. The lowest BCUT2D eigenvalue weighted by atomic mass is 9.85. The van der Waals surface area contributed by atoms with Crippen molar-refractivity contribution in [3.8, 4) is 0 Å². The van der Waals surface area contributed by atoms with Gasteiger partial charge in [0.2, 0.25) is 5.91 Å². The number of nitrogens with zero attached hydrogens (tertiary/aromatic N) is 1. The Balaban J connectivity index is 0.00000220. The van der Waals surface area contributed by atoms with E-state index in [1.54, 1.807) is 11.3 Å². The zero-order valence-corrected chi connectivity index (χ0v) is 14.6. The molecule has 2 rings (SSSR count). The van der Waals surface area contributed by atoms with Crippen LogP contribution in [0.2, 0.25) is 0 Å². The summed E-state index contributed by atoms with van der Waals surface area (Å²) in [6.45, 7) is 8.07. The summed E-state index contributed by atoms with van der Waals surface area (Å²) >= 11 is 1.73. The summed E-state index contributed by atoms with van der Waals surface area (Å²) in [5.74, 6) is 1.44. The first-order chi connectivity index (χ1) is 9.70. The molecule has 2 atom stereocenters. The molecule has 1 amide bonds. The van der Waals surface area contributed by atoms with E-state index in [2.05, 4.69) is 36.7 Å². The van der Waals surface area contributed by atoms with Crippen LogP contribution in [0.25, 0.3) is 0 Å². The fourth-order valence-electron chi connectivity index (χ4n) is 2.90. The quantitative estimate of drug-likeness (QED) is 0.865. The third kappa shape index (κ3) is 5.61. The Kier molecular flexibility index (Phi) is 8.30. The minimum atomic E-state index is 0. The van der Waals surface area contributed by atoms with Crippen molar-refractivity contribution < 1.29 is 4.79 Å². The van der Waals surface area contributed by atoms with Gasteiger partial charge in [-0.3, -0.25) is 4.79 Å². The number of thiophene rings is 1. The zero-order valence-electron chi connectivity index (χ0n) is 13.0. The van der Waals surface area contributed by atoms with E-state index in [9.17, 15) is 4.79 Å². The smallest absolute Gasteiger partial charge is 0.223 e. The van der Waals surface area contributed by atoms with Crippen LogP contribution in [0.5, 0.6) is 0 Å². The van der Waals surface area contributed by atoms with Crippen LogP contribution in [0.3, 0.4) is 0 Å². The number of amides is 1. The van der Waals surface area contributed by atoms with Gasteiger partial charge in [-0.2, -0.15) is 0 Å². The van der Waals surface area contributed by atoms with Crippen molar-refractivity contribution in [1.29, 1.82) is 0 Å². The molecular formula is C16H27ClN2OS. The van der Waals surface area contributed by atoms with E-state index in [0.717, 1.165) is 26.2 Å². The van der Waals surface area contributed by atoms with Gasteiger partial charge < -0.3 is 10.2 Å². The highest BCUT2D eigenvalue weighted by Crippen LogP contribution is 2.23. The van der Waals surface area contributed by atoms with Gasteiger partial charge in [0.05, 0.1) is 6.54 Å². The molecule has 1 fully saturated rings. The third-order valence-corrected chi connectivity index (χ3v) is 5.16. The number of carbonyl (C=O) groups excluding carboxylic acids is 1. The van der Waals surface area contributed by atoms with Gasteiger partial charge in [-0.15, -0.1) is 23.7 Å². The van der Waals surface area contributed by atoms with Gasteiger partial charge in [0.15, 0.2) is 0 Å². The lowest BCUT2D eigenvalue weighted by Crippen LogP contribution is -2.37. The SMILES string of the molecule is CCN(Cc1cccs1)C(=O)CC(C)C1CCCNC1.Cl. The van der Waals surface area contributed by atoms with Crippen molar-refractivity contribution in [3.05, 3.63) is 22.4 Å². The molecule has 1 aliphatic rings. The number of piperidine rings is 1. The second-order valence-electron chi connectivity index (χ2n) is 5.78. The second-order valence-corrected chi connectivity index (χ2v) is 6.81. The molecule has 0 bridgehead atoms. The van der Waals surface area contributed by atoms with E-state index >= 15 is 0 Å². The van der Waals surface area contributed by atoms with Crippen molar-refractivity contribution in [2.24, 2.45) is 11.8 Å². The molecule has 1 aromatic rings. The van der Waals surface area contributed by atoms with Crippen LogP contribution in [-0.4, -0.2) is 30.4 Å². The van der Waals surface area contributed by atoms with Crippen LogP contribution in [0, 0.1) is 11.8 Å². The fourth-order valence-corrected chi connectivity index (χ4v) is 3.62. The molecule has 1 N–H and O–H groups in total. The predicted octanol–water partition coefficient (Wildman–Crippen LogP) is 3.54. The molecular weight excluding hydrogens is 304 g/mol. The van der Waals surface area contributed by atoms with Crippen molar-refractivity contribution in [2.45, 2.75) is 39.7 Å². The maximum absolute atomic E-state index is 12.5. The number of hydrogen-bond acceptors (Lipinski definition) is 3. The van der Waals surface area contributed by atoms with Crippen molar-refractivity contribution in [1.82, 2.24) is 10.2 Å². The molecule has 0 aromatic carbocycles. The summed E-state index contributed by atoms with van der Waals surface area (Å²) in [6, 6.07) is 4.16. The normalized spacial score (nSPS) is 19.6. The first-order valence-corrected chi connectivity index (χ1v) is 8.59. The Hall–Kier alpha value is -0.580. The maximum atomic E-state index is 12.5. The molecule has 0 spiro atoms. The second kappa shape index (κ2) is 9.44. The molecule has 3 nitrogen and oxygen atoms in total. The molecule has 1 aliphatic heterocycles. The van der Waals surface area contributed by atoms with Gasteiger partial charge in [0.25, 0.3) is 0 Å². The summed E-state index contributed by atoms with van der Waals surface area (Å²) in [5.41, 5.74) is 0. The molecule has 2 unspecified atom stereocenters. The van der Waals surface area contributed by atoms with E-state index in [1.807, 2.05) is 4.90 Å². The lowest BCUT2D eigenvalue weighted by Gasteiger charge is -2.29. The summed E-state index contributed by atoms with van der Waals surface area (Å²) < 4.78 is 0. The van der Waals surface area contributed by atoms with Gasteiger partial charge >= 0.3 is 0 Å². The standard InChI is InChI=1S/C16H26N2OS.ClH/c1-3-18(12-15-7-5-9-20-15)16(19)10-13(2)14-6-4-8-17-11-14;/h5,7,9,13-14,17H,3-4,6,8,10-12H2,1-2H3;1H. The van der Waals surface area contributed by atoms with Gasteiger partial charge in [-0.25, -0.2) is 0 Å². The Morgan fingerprint density at radius 1 is 1.57 bits per heavy atom. The van der Waals surface area contributed by atoms with Crippen LogP contribution in [0.4, 0.5) is 0 Å². The van der Waals surface area contributed by atoms with E-state index in [-0.39, 0.29) is 12.4 Å². The van der Waals surface area contributed by atoms with E-state index < -0.39 is 0 Å². The first kappa shape index (κ1) is 18.5. The van der Waals surface area contributed by atoms with Crippen molar-refractivity contribution >= 4 is 29.7 Å². The highest BCUT2D eigenvalue weighted by Gasteiger charge is 2.24. The van der Waals surface area contributed by atoms with E-state index in [0.29, 0.717) is 24.2 Å². The molecule has 0 saturated carbocycles. The summed E-state index contributed by atoms with van der Waals surface area (Å²) in [4.78, 5) is 15.7. The molecule has 0 aliphatic carbocycles. The molecule has 1 aromatic heterocycles. The summed E-state index contributed by atoms with van der Waals surface area (Å²) in [7, 11) is 0. The van der Waals surface area contributed by atoms with Crippen LogP contribution in [0.1, 0.15) is 38.0 Å². The van der Waals surface area contributed by atoms with Gasteiger partial charge in [-0.05, 0) is 56.1 Å². The average Bonchev–Trinajstić information content (AvgIpc) is 2.98. The number of rotatable bonds is 6. The minimum absolute atomic E-state index is 0. The maximum Gasteiger partial charge on any atom is 0.223 e. The third-order valence-electron chi connectivity index (χ3n) is 4.30. The van der Waals surface area contributed by atoms with Gasteiger partial charge in [0.1, 0.15) is 0 Å². The van der Waals surface area contributed by atoms with E-state index in [1.165, 1.54) is 17.7 Å². The predicted molar refractivity (Wildman–Crippen MR) is 92.0 cm³/mol. The van der Waals surface area contributed by atoms with Crippen LogP contribution in [-0.2, 0) is 11.3 Å². The molecule has 5 heteroatoms. The number of hydrogen-bond donors (Lipinski definition) is 1. The molecule has 1 saturated heterocycles. The molecule has 2 heterocycles. The Morgan fingerprint density at radius 2 is 2.38 bits per heavy atom. The Bertz CT molecular complexity index is 404. The minimum Gasteiger partial charge on any atom is -0.338 e. The average molecular weight is 331 g/mol. The Labute approximate surface area is 138 Å². The van der Waals surface area contributed by atoms with Crippen molar-refractivity contribution in [2.75, 3.05) is 19.6 Å². The van der Waals surface area contributed by atoms with Crippen LogP contribution < -0.4 is 5.32 Å².